The summed E-state index contributed by atoms with van der Waals surface area (Å²) in [6.45, 7) is 0.729. The molecule has 19 heavy (non-hydrogen) atoms. The highest BCUT2D eigenvalue weighted by Gasteiger charge is 2.19. The quantitative estimate of drug-likeness (QED) is 0.739. The molecule has 0 N–H and O–H groups in total. The largest absolute Gasteiger partial charge is 0.493 e. The van der Waals surface area contributed by atoms with Crippen molar-refractivity contribution in [3.63, 3.8) is 0 Å². The van der Waals surface area contributed by atoms with Gasteiger partial charge in [0.15, 0.2) is 11.5 Å². The summed E-state index contributed by atoms with van der Waals surface area (Å²) in [6, 6.07) is 3.80. The minimum absolute atomic E-state index is 0.426. The van der Waals surface area contributed by atoms with Gasteiger partial charge >= 0.3 is 0 Å². The van der Waals surface area contributed by atoms with Gasteiger partial charge in [0.05, 0.1) is 20.8 Å². The normalized spacial score (nSPS) is 15.5. The van der Waals surface area contributed by atoms with Gasteiger partial charge in [0, 0.05) is 5.88 Å². The highest BCUT2D eigenvalue weighted by molar-refractivity contribution is 6.17. The highest BCUT2D eigenvalue weighted by atomic mass is 35.5. The number of ether oxygens (including phenoxy) is 3. The third-order valence-corrected chi connectivity index (χ3v) is 3.92. The SMILES string of the molecule is COc1cc(CCl)cc(OC)c1OCC1CCCC1. The van der Waals surface area contributed by atoms with Crippen LogP contribution in [0.3, 0.4) is 0 Å². The zero-order chi connectivity index (χ0) is 13.7. The van der Waals surface area contributed by atoms with Crippen molar-refractivity contribution in [1.82, 2.24) is 0 Å². The first-order valence-electron chi connectivity index (χ1n) is 6.72. The van der Waals surface area contributed by atoms with Crippen LogP contribution >= 0.6 is 11.6 Å². The van der Waals surface area contributed by atoms with Crippen LogP contribution in [0.25, 0.3) is 0 Å². The van der Waals surface area contributed by atoms with Crippen LogP contribution in [0.15, 0.2) is 12.1 Å². The maximum absolute atomic E-state index is 5.94. The zero-order valence-corrected chi connectivity index (χ0v) is 12.3. The van der Waals surface area contributed by atoms with Gasteiger partial charge in [0.2, 0.25) is 5.75 Å². The third-order valence-electron chi connectivity index (χ3n) is 3.61. The summed E-state index contributed by atoms with van der Waals surface area (Å²) in [5.41, 5.74) is 0.962. The molecule has 3 nitrogen and oxygen atoms in total. The Hall–Kier alpha value is -1.09. The van der Waals surface area contributed by atoms with E-state index in [2.05, 4.69) is 0 Å². The number of methoxy groups -OCH3 is 2. The van der Waals surface area contributed by atoms with E-state index in [1.165, 1.54) is 25.7 Å². The van der Waals surface area contributed by atoms with Gasteiger partial charge in [0.1, 0.15) is 0 Å². The molecule has 2 rings (SSSR count). The van der Waals surface area contributed by atoms with Gasteiger partial charge in [-0.1, -0.05) is 12.8 Å². The standard InChI is InChI=1S/C15H21ClO3/c1-17-13-7-12(9-16)8-14(18-2)15(13)19-10-11-5-3-4-6-11/h7-8,11H,3-6,9-10H2,1-2H3. The summed E-state index contributed by atoms with van der Waals surface area (Å²) in [4.78, 5) is 0. The number of alkyl halides is 1. The molecule has 1 aliphatic carbocycles. The van der Waals surface area contributed by atoms with E-state index < -0.39 is 0 Å². The average molecular weight is 285 g/mol. The fourth-order valence-electron chi connectivity index (χ4n) is 2.53. The predicted molar refractivity (Wildman–Crippen MR) is 76.6 cm³/mol. The smallest absolute Gasteiger partial charge is 0.203 e. The Balaban J connectivity index is 2.16. The summed E-state index contributed by atoms with van der Waals surface area (Å²) < 4.78 is 16.7. The van der Waals surface area contributed by atoms with Crippen molar-refractivity contribution >= 4 is 11.6 Å². The number of benzene rings is 1. The fraction of sp³-hybridized carbons (Fsp3) is 0.600. The Morgan fingerprint density at radius 3 is 2.16 bits per heavy atom. The molecular weight excluding hydrogens is 264 g/mol. The van der Waals surface area contributed by atoms with Crippen LogP contribution in [-0.4, -0.2) is 20.8 Å². The summed E-state index contributed by atoms with van der Waals surface area (Å²) in [7, 11) is 3.27. The van der Waals surface area contributed by atoms with Crippen molar-refractivity contribution in [2.24, 2.45) is 5.92 Å². The van der Waals surface area contributed by atoms with Crippen LogP contribution in [0, 0.1) is 5.92 Å². The second kappa shape index (κ2) is 6.90. The molecule has 1 aliphatic rings. The number of hydrogen-bond donors (Lipinski definition) is 0. The first kappa shape index (κ1) is 14.3. The predicted octanol–water partition coefficient (Wildman–Crippen LogP) is 4.01. The van der Waals surface area contributed by atoms with Crippen molar-refractivity contribution in [3.8, 4) is 17.2 Å². The minimum atomic E-state index is 0.426. The topological polar surface area (TPSA) is 27.7 Å². The number of halogens is 1. The fourth-order valence-corrected chi connectivity index (χ4v) is 2.69. The Bertz CT molecular complexity index is 389. The lowest BCUT2D eigenvalue weighted by Gasteiger charge is -2.17. The first-order chi connectivity index (χ1) is 9.28. The molecule has 0 aromatic heterocycles. The highest BCUT2D eigenvalue weighted by Crippen LogP contribution is 2.39. The molecular formula is C15H21ClO3. The lowest BCUT2D eigenvalue weighted by Crippen LogP contribution is -2.09. The van der Waals surface area contributed by atoms with Crippen molar-refractivity contribution < 1.29 is 14.2 Å². The molecule has 0 atom stereocenters. The summed E-state index contributed by atoms with van der Waals surface area (Å²) in [5, 5.41) is 0. The zero-order valence-electron chi connectivity index (χ0n) is 11.6. The monoisotopic (exact) mass is 284 g/mol. The Morgan fingerprint density at radius 1 is 1.11 bits per heavy atom. The van der Waals surface area contributed by atoms with E-state index in [-0.39, 0.29) is 0 Å². The van der Waals surface area contributed by atoms with Gasteiger partial charge in [-0.25, -0.2) is 0 Å². The van der Waals surface area contributed by atoms with Gasteiger partial charge < -0.3 is 14.2 Å². The van der Waals surface area contributed by atoms with E-state index in [0.29, 0.717) is 29.0 Å². The molecule has 0 saturated heterocycles. The molecule has 0 unspecified atom stereocenters. The maximum Gasteiger partial charge on any atom is 0.203 e. The minimum Gasteiger partial charge on any atom is -0.493 e. The van der Waals surface area contributed by atoms with Crippen molar-refractivity contribution in [2.75, 3.05) is 20.8 Å². The molecule has 1 aromatic rings. The summed E-state index contributed by atoms with van der Waals surface area (Å²) in [5.74, 6) is 3.14. The molecule has 0 bridgehead atoms. The van der Waals surface area contributed by atoms with E-state index in [0.717, 1.165) is 12.2 Å². The first-order valence-corrected chi connectivity index (χ1v) is 7.25. The lowest BCUT2D eigenvalue weighted by molar-refractivity contribution is 0.229. The van der Waals surface area contributed by atoms with Crippen LogP contribution in [0.1, 0.15) is 31.2 Å². The van der Waals surface area contributed by atoms with Gasteiger partial charge in [-0.05, 0) is 36.5 Å². The second-order valence-corrected chi connectivity index (χ2v) is 5.19. The molecule has 106 valence electrons. The Labute approximate surface area is 119 Å². The van der Waals surface area contributed by atoms with E-state index in [1.54, 1.807) is 14.2 Å². The Kier molecular flexibility index (Phi) is 5.20. The van der Waals surface area contributed by atoms with Gasteiger partial charge in [-0.15, -0.1) is 11.6 Å². The molecule has 1 saturated carbocycles. The van der Waals surface area contributed by atoms with Crippen LogP contribution < -0.4 is 14.2 Å². The molecule has 0 spiro atoms. The summed E-state index contributed by atoms with van der Waals surface area (Å²) in [6.07, 6.45) is 5.13. The lowest BCUT2D eigenvalue weighted by atomic mass is 10.1. The van der Waals surface area contributed by atoms with Crippen molar-refractivity contribution in [1.29, 1.82) is 0 Å². The van der Waals surface area contributed by atoms with E-state index in [9.17, 15) is 0 Å². The van der Waals surface area contributed by atoms with Crippen molar-refractivity contribution in [2.45, 2.75) is 31.6 Å². The summed E-state index contributed by atoms with van der Waals surface area (Å²) >= 11 is 5.87. The van der Waals surface area contributed by atoms with Gasteiger partial charge in [0.25, 0.3) is 0 Å². The van der Waals surface area contributed by atoms with Crippen LogP contribution in [-0.2, 0) is 5.88 Å². The molecule has 0 aliphatic heterocycles. The van der Waals surface area contributed by atoms with Gasteiger partial charge in [-0.3, -0.25) is 0 Å². The molecule has 0 heterocycles. The van der Waals surface area contributed by atoms with Crippen molar-refractivity contribution in [3.05, 3.63) is 17.7 Å². The Morgan fingerprint density at radius 2 is 1.68 bits per heavy atom. The molecule has 0 amide bonds. The van der Waals surface area contributed by atoms with Crippen LogP contribution in [0.4, 0.5) is 0 Å². The molecule has 1 aromatic carbocycles. The van der Waals surface area contributed by atoms with Crippen LogP contribution in [0.2, 0.25) is 0 Å². The number of rotatable bonds is 6. The second-order valence-electron chi connectivity index (χ2n) is 4.92. The molecule has 1 fully saturated rings. The third kappa shape index (κ3) is 3.47. The maximum atomic E-state index is 5.94. The van der Waals surface area contributed by atoms with E-state index >= 15 is 0 Å². The number of hydrogen-bond acceptors (Lipinski definition) is 3. The molecule has 4 heteroatoms. The molecule has 0 radical (unpaired) electrons. The van der Waals surface area contributed by atoms with E-state index in [1.807, 2.05) is 12.1 Å². The van der Waals surface area contributed by atoms with Gasteiger partial charge in [-0.2, -0.15) is 0 Å². The van der Waals surface area contributed by atoms with Crippen LogP contribution in [0.5, 0.6) is 17.2 Å². The van der Waals surface area contributed by atoms with E-state index in [4.69, 9.17) is 25.8 Å². The average Bonchev–Trinajstić information content (AvgIpc) is 2.97.